The van der Waals surface area contributed by atoms with Gasteiger partial charge in [0, 0.05) is 17.5 Å². The van der Waals surface area contributed by atoms with Gasteiger partial charge in [-0.1, -0.05) is 54.6 Å². The van der Waals surface area contributed by atoms with Gasteiger partial charge >= 0.3 is 5.97 Å². The van der Waals surface area contributed by atoms with Crippen LogP contribution >= 0.6 is 0 Å². The van der Waals surface area contributed by atoms with Crippen LogP contribution in [0.25, 0.3) is 0 Å². The van der Waals surface area contributed by atoms with Crippen LogP contribution in [-0.2, 0) is 11.2 Å². The smallest absolute Gasteiger partial charge is 0.303 e. The van der Waals surface area contributed by atoms with Crippen LogP contribution in [0.15, 0.2) is 54.6 Å². The molecule has 0 spiro atoms. The van der Waals surface area contributed by atoms with E-state index in [9.17, 15) is 9.59 Å². The first kappa shape index (κ1) is 13.0. The van der Waals surface area contributed by atoms with Crippen LogP contribution in [0, 0.1) is 0 Å². The maximum Gasteiger partial charge on any atom is 0.303 e. The number of hydrogen-bond acceptors (Lipinski definition) is 2. The third-order valence-corrected chi connectivity index (χ3v) is 2.88. The Hall–Kier alpha value is -2.42. The van der Waals surface area contributed by atoms with Gasteiger partial charge in [0.15, 0.2) is 5.78 Å². The van der Waals surface area contributed by atoms with Crippen molar-refractivity contribution in [1.82, 2.24) is 0 Å². The van der Waals surface area contributed by atoms with E-state index in [4.69, 9.17) is 5.11 Å². The molecule has 0 aliphatic rings. The van der Waals surface area contributed by atoms with Crippen LogP contribution in [0.3, 0.4) is 0 Å². The van der Waals surface area contributed by atoms with Crippen molar-refractivity contribution < 1.29 is 14.7 Å². The van der Waals surface area contributed by atoms with Crippen LogP contribution in [0.1, 0.15) is 27.9 Å². The highest BCUT2D eigenvalue weighted by molar-refractivity contribution is 6.08. The molecule has 0 unspecified atom stereocenters. The molecule has 96 valence electrons. The Morgan fingerprint density at radius 3 is 2.00 bits per heavy atom. The third kappa shape index (κ3) is 3.52. The lowest BCUT2D eigenvalue weighted by Gasteiger charge is -2.03. The molecule has 0 aliphatic heterocycles. The van der Waals surface area contributed by atoms with Gasteiger partial charge < -0.3 is 5.11 Å². The predicted molar refractivity (Wildman–Crippen MR) is 72.3 cm³/mol. The third-order valence-electron chi connectivity index (χ3n) is 2.88. The zero-order valence-electron chi connectivity index (χ0n) is 10.4. The van der Waals surface area contributed by atoms with Gasteiger partial charge in [-0.25, -0.2) is 0 Å². The second-order valence-corrected chi connectivity index (χ2v) is 4.29. The minimum Gasteiger partial charge on any atom is -0.481 e. The van der Waals surface area contributed by atoms with Crippen molar-refractivity contribution in [1.29, 1.82) is 0 Å². The van der Waals surface area contributed by atoms with Crippen molar-refractivity contribution in [3.63, 3.8) is 0 Å². The second-order valence-electron chi connectivity index (χ2n) is 4.29. The lowest BCUT2D eigenvalue weighted by Crippen LogP contribution is -2.02. The van der Waals surface area contributed by atoms with Gasteiger partial charge in [-0.15, -0.1) is 0 Å². The van der Waals surface area contributed by atoms with Crippen molar-refractivity contribution in [3.8, 4) is 0 Å². The highest BCUT2D eigenvalue weighted by Crippen LogP contribution is 2.12. The van der Waals surface area contributed by atoms with Gasteiger partial charge in [0.25, 0.3) is 0 Å². The average Bonchev–Trinajstić information content (AvgIpc) is 2.46. The molecule has 2 aromatic rings. The number of carboxylic acids is 1. The lowest BCUT2D eigenvalue weighted by atomic mass is 10.0. The molecule has 3 heteroatoms. The average molecular weight is 254 g/mol. The zero-order valence-corrected chi connectivity index (χ0v) is 10.4. The second kappa shape index (κ2) is 5.96. The fraction of sp³-hybridized carbons (Fsp3) is 0.125. The fourth-order valence-corrected chi connectivity index (χ4v) is 1.83. The lowest BCUT2D eigenvalue weighted by molar-refractivity contribution is -0.136. The number of carbonyl (C=O) groups is 2. The van der Waals surface area contributed by atoms with Crippen molar-refractivity contribution in [2.45, 2.75) is 12.8 Å². The van der Waals surface area contributed by atoms with Crippen LogP contribution in [-0.4, -0.2) is 16.9 Å². The molecule has 0 aliphatic carbocycles. The molecule has 0 saturated carbocycles. The number of carbonyl (C=O) groups excluding carboxylic acids is 1. The minimum absolute atomic E-state index is 0.0228. The van der Waals surface area contributed by atoms with Gasteiger partial charge in [0.2, 0.25) is 0 Å². The van der Waals surface area contributed by atoms with Crippen molar-refractivity contribution in [3.05, 3.63) is 71.3 Å². The summed E-state index contributed by atoms with van der Waals surface area (Å²) in [6, 6.07) is 16.2. The first-order valence-corrected chi connectivity index (χ1v) is 6.07. The molecule has 0 fully saturated rings. The summed E-state index contributed by atoms with van der Waals surface area (Å²) in [5.41, 5.74) is 2.19. The summed E-state index contributed by atoms with van der Waals surface area (Å²) in [5.74, 6) is -0.838. The maximum atomic E-state index is 12.1. The number of benzene rings is 2. The number of rotatable bonds is 5. The monoisotopic (exact) mass is 254 g/mol. The van der Waals surface area contributed by atoms with Gasteiger partial charge in [0.05, 0.1) is 0 Å². The predicted octanol–water partition coefficient (Wildman–Crippen LogP) is 2.93. The normalized spacial score (nSPS) is 10.1. The Bertz CT molecular complexity index is 571. The Kier molecular flexibility index (Phi) is 4.08. The molecule has 2 aromatic carbocycles. The largest absolute Gasteiger partial charge is 0.481 e. The van der Waals surface area contributed by atoms with E-state index in [2.05, 4.69) is 0 Å². The Balaban J connectivity index is 2.10. The highest BCUT2D eigenvalue weighted by Gasteiger charge is 2.08. The maximum absolute atomic E-state index is 12.1. The zero-order chi connectivity index (χ0) is 13.7. The molecule has 1 N–H and O–H groups in total. The van der Waals surface area contributed by atoms with E-state index in [0.29, 0.717) is 17.5 Å². The summed E-state index contributed by atoms with van der Waals surface area (Å²) in [5, 5.41) is 8.61. The van der Waals surface area contributed by atoms with E-state index in [1.165, 1.54) is 0 Å². The van der Waals surface area contributed by atoms with Crippen molar-refractivity contribution >= 4 is 11.8 Å². The van der Waals surface area contributed by atoms with Gasteiger partial charge in [-0.2, -0.15) is 0 Å². The fourth-order valence-electron chi connectivity index (χ4n) is 1.83. The quantitative estimate of drug-likeness (QED) is 0.835. The molecule has 0 radical (unpaired) electrons. The molecular formula is C16H14O3. The first-order valence-electron chi connectivity index (χ1n) is 6.07. The SMILES string of the molecule is O=C(O)CCc1ccc(C(=O)c2ccccc2)cc1. The molecule has 0 atom stereocenters. The molecule has 19 heavy (non-hydrogen) atoms. The standard InChI is InChI=1S/C16H14O3/c17-15(18)11-8-12-6-9-14(10-7-12)16(19)13-4-2-1-3-5-13/h1-7,9-10H,8,11H2,(H,17,18). The molecule has 0 aromatic heterocycles. The van der Waals surface area contributed by atoms with Crippen molar-refractivity contribution in [2.24, 2.45) is 0 Å². The summed E-state index contributed by atoms with van der Waals surface area (Å²) in [6.45, 7) is 0. The van der Waals surface area contributed by atoms with E-state index >= 15 is 0 Å². The minimum atomic E-state index is -0.815. The molecule has 0 saturated heterocycles. The van der Waals surface area contributed by atoms with Gasteiger partial charge in [0.1, 0.15) is 0 Å². The summed E-state index contributed by atoms with van der Waals surface area (Å²) >= 11 is 0. The number of carboxylic acid groups (broad SMARTS) is 1. The van der Waals surface area contributed by atoms with E-state index < -0.39 is 5.97 Å². The van der Waals surface area contributed by atoms with Crippen LogP contribution in [0.4, 0.5) is 0 Å². The number of hydrogen-bond donors (Lipinski definition) is 1. The molecular weight excluding hydrogens is 240 g/mol. The molecule has 3 nitrogen and oxygen atoms in total. The molecule has 2 rings (SSSR count). The van der Waals surface area contributed by atoms with Gasteiger partial charge in [-0.05, 0) is 12.0 Å². The first-order chi connectivity index (χ1) is 9.16. The van der Waals surface area contributed by atoms with Crippen LogP contribution < -0.4 is 0 Å². The Labute approximate surface area is 111 Å². The molecule has 0 heterocycles. The van der Waals surface area contributed by atoms with E-state index in [1.54, 1.807) is 36.4 Å². The Morgan fingerprint density at radius 1 is 0.842 bits per heavy atom. The number of aliphatic carboxylic acids is 1. The summed E-state index contributed by atoms with van der Waals surface area (Å²) < 4.78 is 0. The summed E-state index contributed by atoms with van der Waals surface area (Å²) in [7, 11) is 0. The van der Waals surface area contributed by atoms with E-state index in [1.807, 2.05) is 18.2 Å². The number of ketones is 1. The van der Waals surface area contributed by atoms with Crippen LogP contribution in [0.2, 0.25) is 0 Å². The summed E-state index contributed by atoms with van der Waals surface area (Å²) in [6.07, 6.45) is 0.584. The molecule has 0 amide bonds. The molecule has 0 bridgehead atoms. The van der Waals surface area contributed by atoms with E-state index in [0.717, 1.165) is 5.56 Å². The van der Waals surface area contributed by atoms with Crippen LogP contribution in [0.5, 0.6) is 0 Å². The van der Waals surface area contributed by atoms with Crippen molar-refractivity contribution in [2.75, 3.05) is 0 Å². The Morgan fingerprint density at radius 2 is 1.42 bits per heavy atom. The van der Waals surface area contributed by atoms with Gasteiger partial charge in [-0.3, -0.25) is 9.59 Å². The summed E-state index contributed by atoms with van der Waals surface area (Å²) in [4.78, 5) is 22.6. The number of aryl methyl sites for hydroxylation is 1. The highest BCUT2D eigenvalue weighted by atomic mass is 16.4. The topological polar surface area (TPSA) is 54.4 Å². The van der Waals surface area contributed by atoms with E-state index in [-0.39, 0.29) is 12.2 Å².